The topological polar surface area (TPSA) is 106 Å². The van der Waals surface area contributed by atoms with Crippen molar-refractivity contribution in [2.75, 3.05) is 6.54 Å². The maximum absolute atomic E-state index is 10.9. The summed E-state index contributed by atoms with van der Waals surface area (Å²) in [4.78, 5) is 11.8. The lowest BCUT2D eigenvalue weighted by atomic mass is 10.4. The number of rotatable bonds is 1. The molecule has 1 aliphatic rings. The maximum atomic E-state index is 10.9. The minimum absolute atomic E-state index is 0.371. The zero-order valence-corrected chi connectivity index (χ0v) is 7.25. The number of primary amides is 1. The van der Waals surface area contributed by atoms with E-state index in [-0.39, 0.29) is 0 Å². The van der Waals surface area contributed by atoms with Crippen molar-refractivity contribution < 1.29 is 13.2 Å². The largest absolute Gasteiger partial charge is 0.351 e. The number of amides is 2. The quantitative estimate of drug-likeness (QED) is 0.544. The molecule has 0 aromatic rings. The van der Waals surface area contributed by atoms with Crippen molar-refractivity contribution in [1.82, 2.24) is 4.90 Å². The van der Waals surface area contributed by atoms with Crippen LogP contribution in [0, 0.1) is 0 Å². The standard InChI is InChI=1S/C5H11N3O3S/c6-5(9)8-3-1-2-4(8)12(7,10)11/h4H,1-3H2,(H2,6,9)(H2,7,10,11). The van der Waals surface area contributed by atoms with Crippen LogP contribution in [0.2, 0.25) is 0 Å². The van der Waals surface area contributed by atoms with Gasteiger partial charge in [-0.05, 0) is 12.8 Å². The highest BCUT2D eigenvalue weighted by atomic mass is 32.2. The van der Waals surface area contributed by atoms with Crippen LogP contribution in [-0.4, -0.2) is 31.3 Å². The third-order valence-electron chi connectivity index (χ3n) is 1.86. The van der Waals surface area contributed by atoms with E-state index in [1.165, 1.54) is 0 Å². The minimum Gasteiger partial charge on any atom is -0.351 e. The third kappa shape index (κ3) is 1.67. The first-order valence-electron chi connectivity index (χ1n) is 3.50. The average molecular weight is 193 g/mol. The summed E-state index contributed by atoms with van der Waals surface area (Å²) in [5.41, 5.74) is 4.95. The van der Waals surface area contributed by atoms with Crippen molar-refractivity contribution in [3.05, 3.63) is 0 Å². The first-order valence-corrected chi connectivity index (χ1v) is 5.11. The van der Waals surface area contributed by atoms with Gasteiger partial charge in [-0.25, -0.2) is 18.4 Å². The van der Waals surface area contributed by atoms with Gasteiger partial charge in [0, 0.05) is 6.54 Å². The van der Waals surface area contributed by atoms with E-state index in [1.807, 2.05) is 0 Å². The van der Waals surface area contributed by atoms with Gasteiger partial charge in [0.05, 0.1) is 0 Å². The summed E-state index contributed by atoms with van der Waals surface area (Å²) >= 11 is 0. The van der Waals surface area contributed by atoms with Gasteiger partial charge in [0.25, 0.3) is 0 Å². The number of carbonyl (C=O) groups excluding carboxylic acids is 1. The Morgan fingerprint density at radius 1 is 1.50 bits per heavy atom. The van der Waals surface area contributed by atoms with Gasteiger partial charge >= 0.3 is 6.03 Å². The van der Waals surface area contributed by atoms with E-state index >= 15 is 0 Å². The van der Waals surface area contributed by atoms with Gasteiger partial charge < -0.3 is 10.6 Å². The molecule has 12 heavy (non-hydrogen) atoms. The molecule has 0 bridgehead atoms. The van der Waals surface area contributed by atoms with Gasteiger partial charge in [0.2, 0.25) is 10.0 Å². The second-order valence-corrected chi connectivity index (χ2v) is 4.44. The smallest absolute Gasteiger partial charge is 0.315 e. The third-order valence-corrected chi connectivity index (χ3v) is 3.11. The van der Waals surface area contributed by atoms with Crippen molar-refractivity contribution in [3.63, 3.8) is 0 Å². The molecule has 0 aromatic carbocycles. The summed E-state index contributed by atoms with van der Waals surface area (Å²) in [5.74, 6) is 0. The number of nitrogens with two attached hydrogens (primary N) is 2. The Morgan fingerprint density at radius 3 is 2.42 bits per heavy atom. The van der Waals surface area contributed by atoms with Gasteiger partial charge in [-0.1, -0.05) is 0 Å². The summed E-state index contributed by atoms with van der Waals surface area (Å²) in [6.07, 6.45) is 1.01. The summed E-state index contributed by atoms with van der Waals surface area (Å²) in [6.45, 7) is 0.371. The molecule has 4 N–H and O–H groups in total. The molecule has 70 valence electrons. The number of likely N-dealkylation sites (tertiary alicyclic amines) is 1. The summed E-state index contributed by atoms with van der Waals surface area (Å²) in [7, 11) is -3.67. The molecule has 2 amide bonds. The molecule has 0 aromatic heterocycles. The SMILES string of the molecule is NC(=O)N1CCCC1S(N)(=O)=O. The molecule has 1 heterocycles. The molecule has 1 fully saturated rings. The van der Waals surface area contributed by atoms with E-state index in [1.54, 1.807) is 0 Å². The molecular formula is C5H11N3O3S. The van der Waals surface area contributed by atoms with Crippen LogP contribution < -0.4 is 10.9 Å². The number of urea groups is 1. The molecular weight excluding hydrogens is 182 g/mol. The lowest BCUT2D eigenvalue weighted by Crippen LogP contribution is -2.45. The molecule has 1 saturated heterocycles. The van der Waals surface area contributed by atoms with Crippen molar-refractivity contribution in [3.8, 4) is 0 Å². The molecule has 0 spiro atoms. The molecule has 1 atom stereocenters. The number of primary sulfonamides is 1. The van der Waals surface area contributed by atoms with Crippen LogP contribution in [0.25, 0.3) is 0 Å². The molecule has 0 radical (unpaired) electrons. The van der Waals surface area contributed by atoms with Crippen molar-refractivity contribution in [1.29, 1.82) is 0 Å². The van der Waals surface area contributed by atoms with E-state index in [2.05, 4.69) is 0 Å². The summed E-state index contributed by atoms with van der Waals surface area (Å²) < 4.78 is 21.8. The van der Waals surface area contributed by atoms with Crippen LogP contribution in [0.1, 0.15) is 12.8 Å². The maximum Gasteiger partial charge on any atom is 0.315 e. The Kier molecular flexibility index (Phi) is 2.25. The van der Waals surface area contributed by atoms with Crippen LogP contribution in [0.4, 0.5) is 4.79 Å². The van der Waals surface area contributed by atoms with Gasteiger partial charge in [-0.2, -0.15) is 0 Å². The van der Waals surface area contributed by atoms with Gasteiger partial charge in [0.15, 0.2) is 0 Å². The Bertz CT molecular complexity index is 286. The fourth-order valence-corrected chi connectivity index (χ4v) is 2.39. The predicted molar refractivity (Wildman–Crippen MR) is 42.4 cm³/mol. The van der Waals surface area contributed by atoms with Crippen molar-refractivity contribution in [2.45, 2.75) is 18.2 Å². The Labute approximate surface area is 70.6 Å². The fraction of sp³-hybridized carbons (Fsp3) is 0.800. The second kappa shape index (κ2) is 2.91. The van der Waals surface area contributed by atoms with Gasteiger partial charge in [-0.3, -0.25) is 0 Å². The van der Waals surface area contributed by atoms with E-state index in [0.717, 1.165) is 4.90 Å². The highest BCUT2D eigenvalue weighted by molar-refractivity contribution is 7.89. The molecule has 1 aliphatic heterocycles. The normalized spacial score (nSPS) is 24.4. The number of nitrogens with zero attached hydrogens (tertiary/aromatic N) is 1. The molecule has 6 nitrogen and oxygen atoms in total. The summed E-state index contributed by atoms with van der Waals surface area (Å²) in [5, 5.41) is 3.97. The molecule has 1 rings (SSSR count). The van der Waals surface area contributed by atoms with Gasteiger partial charge in [0.1, 0.15) is 5.37 Å². The zero-order valence-electron chi connectivity index (χ0n) is 6.43. The van der Waals surface area contributed by atoms with E-state index in [0.29, 0.717) is 19.4 Å². The molecule has 1 unspecified atom stereocenters. The number of hydrogen-bond donors (Lipinski definition) is 2. The first kappa shape index (κ1) is 9.27. The van der Waals surface area contributed by atoms with Gasteiger partial charge in [-0.15, -0.1) is 0 Å². The van der Waals surface area contributed by atoms with Crippen LogP contribution in [0.3, 0.4) is 0 Å². The second-order valence-electron chi connectivity index (χ2n) is 2.72. The fourth-order valence-electron chi connectivity index (χ4n) is 1.33. The minimum atomic E-state index is -3.67. The van der Waals surface area contributed by atoms with Crippen LogP contribution in [-0.2, 0) is 10.0 Å². The van der Waals surface area contributed by atoms with Crippen LogP contribution in [0.5, 0.6) is 0 Å². The highest BCUT2D eigenvalue weighted by Gasteiger charge is 2.35. The van der Waals surface area contributed by atoms with E-state index in [9.17, 15) is 13.2 Å². The predicted octanol–water partition coefficient (Wildman–Crippen LogP) is -1.22. The van der Waals surface area contributed by atoms with Crippen LogP contribution >= 0.6 is 0 Å². The van der Waals surface area contributed by atoms with Crippen LogP contribution in [0.15, 0.2) is 0 Å². The number of carbonyl (C=O) groups is 1. The first-order chi connectivity index (χ1) is 5.43. The van der Waals surface area contributed by atoms with E-state index < -0.39 is 21.4 Å². The lowest BCUT2D eigenvalue weighted by molar-refractivity contribution is 0.213. The van der Waals surface area contributed by atoms with Crippen molar-refractivity contribution >= 4 is 16.1 Å². The Balaban J connectivity index is 2.85. The Hall–Kier alpha value is -0.820. The Morgan fingerprint density at radius 2 is 2.08 bits per heavy atom. The monoisotopic (exact) mass is 193 g/mol. The molecule has 0 saturated carbocycles. The lowest BCUT2D eigenvalue weighted by Gasteiger charge is -2.19. The molecule has 7 heteroatoms. The average Bonchev–Trinajstić information content (AvgIpc) is 2.30. The van der Waals surface area contributed by atoms with E-state index in [4.69, 9.17) is 10.9 Å². The molecule has 0 aliphatic carbocycles. The number of sulfonamides is 1. The summed E-state index contributed by atoms with van der Waals surface area (Å²) in [6, 6.07) is -0.730. The van der Waals surface area contributed by atoms with Crippen molar-refractivity contribution in [2.24, 2.45) is 10.9 Å². The number of hydrogen-bond acceptors (Lipinski definition) is 3. The highest BCUT2D eigenvalue weighted by Crippen LogP contribution is 2.19. The zero-order chi connectivity index (χ0) is 9.35.